The number of sulfonamides is 1. The van der Waals surface area contributed by atoms with E-state index in [-0.39, 0.29) is 11.6 Å². The molecule has 0 aromatic heterocycles. The molecule has 1 atom stereocenters. The number of nitrogens with one attached hydrogen (secondary N) is 1. The third-order valence-corrected chi connectivity index (χ3v) is 4.97. The summed E-state index contributed by atoms with van der Waals surface area (Å²) in [5, 5.41) is 8.60. The number of aromatic carboxylic acids is 1. The summed E-state index contributed by atoms with van der Waals surface area (Å²) in [6.07, 6.45) is 1.78. The van der Waals surface area contributed by atoms with Gasteiger partial charge in [-0.3, -0.25) is 4.21 Å². The van der Waals surface area contributed by atoms with E-state index in [1.807, 2.05) is 0 Å². The second kappa shape index (κ2) is 7.30. The van der Waals surface area contributed by atoms with Gasteiger partial charge in [0.15, 0.2) is 5.82 Å². The normalized spacial score (nSPS) is 13.1. The van der Waals surface area contributed by atoms with Gasteiger partial charge in [0.05, 0.1) is 5.56 Å². The highest BCUT2D eigenvalue weighted by Gasteiger charge is 2.24. The van der Waals surface area contributed by atoms with E-state index in [9.17, 15) is 21.8 Å². The summed E-state index contributed by atoms with van der Waals surface area (Å²) in [4.78, 5) is 10.0. The van der Waals surface area contributed by atoms with Crippen LogP contribution in [-0.4, -0.2) is 42.3 Å². The second-order valence-electron chi connectivity index (χ2n) is 4.10. The van der Waals surface area contributed by atoms with Crippen LogP contribution in [0.1, 0.15) is 16.8 Å². The zero-order chi connectivity index (χ0) is 16.2. The average Bonchev–Trinajstić information content (AvgIpc) is 2.36. The van der Waals surface area contributed by atoms with Crippen LogP contribution in [0, 0.1) is 5.82 Å². The molecule has 0 amide bonds. The third-order valence-electron chi connectivity index (χ3n) is 2.42. The minimum Gasteiger partial charge on any atom is -0.478 e. The molecule has 0 fully saturated rings. The maximum Gasteiger partial charge on any atom is 0.338 e. The summed E-state index contributed by atoms with van der Waals surface area (Å²) in [5.74, 6) is -2.70. The molecule has 1 aromatic carbocycles. The first kappa shape index (κ1) is 18.0. The van der Waals surface area contributed by atoms with E-state index in [1.54, 1.807) is 0 Å². The van der Waals surface area contributed by atoms with E-state index in [4.69, 9.17) is 16.7 Å². The lowest BCUT2D eigenvalue weighted by molar-refractivity contribution is 0.0691. The zero-order valence-corrected chi connectivity index (χ0v) is 13.3. The van der Waals surface area contributed by atoms with Crippen molar-refractivity contribution >= 4 is 38.4 Å². The Bertz CT molecular complexity index is 677. The predicted molar refractivity (Wildman–Crippen MR) is 77.1 cm³/mol. The van der Waals surface area contributed by atoms with Gasteiger partial charge in [-0.25, -0.2) is 22.3 Å². The van der Waals surface area contributed by atoms with Gasteiger partial charge in [0.2, 0.25) is 10.0 Å². The fraction of sp³-hybridized carbons (Fsp3) is 0.364. The molecule has 0 radical (unpaired) electrons. The molecule has 0 aliphatic heterocycles. The zero-order valence-electron chi connectivity index (χ0n) is 10.9. The summed E-state index contributed by atoms with van der Waals surface area (Å²) in [6, 6.07) is 1.67. The van der Waals surface area contributed by atoms with Gasteiger partial charge in [0.25, 0.3) is 0 Å². The van der Waals surface area contributed by atoms with E-state index in [2.05, 4.69) is 4.72 Å². The fourth-order valence-electron chi connectivity index (χ4n) is 1.48. The molecule has 0 saturated carbocycles. The molecule has 0 aliphatic carbocycles. The Morgan fingerprint density at radius 1 is 1.48 bits per heavy atom. The van der Waals surface area contributed by atoms with Crippen molar-refractivity contribution in [3.63, 3.8) is 0 Å². The van der Waals surface area contributed by atoms with Crippen molar-refractivity contribution in [2.75, 3.05) is 18.6 Å². The highest BCUT2D eigenvalue weighted by atomic mass is 35.5. The molecule has 10 heteroatoms. The van der Waals surface area contributed by atoms with E-state index < -0.39 is 43.1 Å². The number of hydrogen-bond acceptors (Lipinski definition) is 4. The minimum absolute atomic E-state index is 0.0454. The Balaban J connectivity index is 3.03. The van der Waals surface area contributed by atoms with Crippen LogP contribution in [0.25, 0.3) is 0 Å². The van der Waals surface area contributed by atoms with Gasteiger partial charge in [0.1, 0.15) is 4.90 Å². The van der Waals surface area contributed by atoms with Gasteiger partial charge in [-0.05, 0) is 18.6 Å². The Kier molecular flexibility index (Phi) is 6.26. The highest BCUT2D eigenvalue weighted by molar-refractivity contribution is 7.89. The lowest BCUT2D eigenvalue weighted by Crippen LogP contribution is -2.27. The van der Waals surface area contributed by atoms with E-state index in [0.29, 0.717) is 12.2 Å². The Hall–Kier alpha value is -1.03. The standard InChI is InChI=1S/C11H13ClFNO5S2/c1-20(17)4-2-3-14-21(18,19)9-6-7(12)5-8(10(9)13)11(15)16/h5-6,14H,2-4H2,1H3,(H,15,16). The van der Waals surface area contributed by atoms with Gasteiger partial charge >= 0.3 is 5.97 Å². The van der Waals surface area contributed by atoms with Crippen LogP contribution in [0.3, 0.4) is 0 Å². The molecule has 118 valence electrons. The quantitative estimate of drug-likeness (QED) is 0.715. The molecular formula is C11H13ClFNO5S2. The maximum absolute atomic E-state index is 13.9. The van der Waals surface area contributed by atoms with Crippen molar-refractivity contribution in [1.29, 1.82) is 0 Å². The van der Waals surface area contributed by atoms with Gasteiger partial charge in [0, 0.05) is 34.4 Å². The Morgan fingerprint density at radius 2 is 2.10 bits per heavy atom. The van der Waals surface area contributed by atoms with Gasteiger partial charge in [-0.1, -0.05) is 11.6 Å². The predicted octanol–water partition coefficient (Wildman–Crippen LogP) is 1.22. The van der Waals surface area contributed by atoms with E-state index in [0.717, 1.165) is 12.1 Å². The lowest BCUT2D eigenvalue weighted by atomic mass is 10.2. The maximum atomic E-state index is 13.9. The Labute approximate surface area is 128 Å². The van der Waals surface area contributed by atoms with Crippen LogP contribution in [0.2, 0.25) is 5.02 Å². The number of hydrogen-bond donors (Lipinski definition) is 2. The van der Waals surface area contributed by atoms with Gasteiger partial charge < -0.3 is 5.11 Å². The molecule has 0 spiro atoms. The number of carbonyl (C=O) groups is 1. The molecule has 0 heterocycles. The summed E-state index contributed by atoms with van der Waals surface area (Å²) < 4.78 is 50.8. The van der Waals surface area contributed by atoms with Crippen LogP contribution in [0.15, 0.2) is 17.0 Å². The van der Waals surface area contributed by atoms with Gasteiger partial charge in [-0.15, -0.1) is 0 Å². The van der Waals surface area contributed by atoms with Crippen LogP contribution in [-0.2, 0) is 20.8 Å². The smallest absolute Gasteiger partial charge is 0.338 e. The molecule has 2 N–H and O–H groups in total. The summed E-state index contributed by atoms with van der Waals surface area (Å²) in [6.45, 7) is -0.0454. The molecule has 1 aromatic rings. The van der Waals surface area contributed by atoms with Crippen LogP contribution in [0.5, 0.6) is 0 Å². The minimum atomic E-state index is -4.24. The topological polar surface area (TPSA) is 101 Å². The van der Waals surface area contributed by atoms with E-state index >= 15 is 0 Å². The third kappa shape index (κ3) is 5.03. The van der Waals surface area contributed by atoms with Crippen molar-refractivity contribution in [2.45, 2.75) is 11.3 Å². The van der Waals surface area contributed by atoms with Crippen molar-refractivity contribution in [3.8, 4) is 0 Å². The average molecular weight is 358 g/mol. The van der Waals surface area contributed by atoms with Crippen LogP contribution < -0.4 is 4.72 Å². The van der Waals surface area contributed by atoms with Gasteiger partial charge in [-0.2, -0.15) is 0 Å². The SMILES string of the molecule is CS(=O)CCCNS(=O)(=O)c1cc(Cl)cc(C(=O)O)c1F. The number of carboxylic acid groups (broad SMARTS) is 1. The van der Waals surface area contributed by atoms with Crippen molar-refractivity contribution in [2.24, 2.45) is 0 Å². The molecule has 1 unspecified atom stereocenters. The molecule has 1 rings (SSSR count). The fourth-order valence-corrected chi connectivity index (χ4v) is 3.51. The van der Waals surface area contributed by atoms with E-state index in [1.165, 1.54) is 6.26 Å². The summed E-state index contributed by atoms with van der Waals surface area (Å²) in [5.41, 5.74) is -0.822. The highest BCUT2D eigenvalue weighted by Crippen LogP contribution is 2.23. The molecule has 0 saturated heterocycles. The number of carboxylic acids is 1. The number of halogens is 2. The molecule has 6 nitrogen and oxygen atoms in total. The largest absolute Gasteiger partial charge is 0.478 e. The van der Waals surface area contributed by atoms with Crippen molar-refractivity contribution in [3.05, 3.63) is 28.5 Å². The monoisotopic (exact) mass is 357 g/mol. The van der Waals surface area contributed by atoms with Crippen LogP contribution >= 0.6 is 11.6 Å². The Morgan fingerprint density at radius 3 is 2.62 bits per heavy atom. The van der Waals surface area contributed by atoms with Crippen LogP contribution in [0.4, 0.5) is 4.39 Å². The molecule has 0 bridgehead atoms. The second-order valence-corrected chi connectivity index (χ2v) is 7.83. The number of benzene rings is 1. The first-order chi connectivity index (χ1) is 9.65. The summed E-state index contributed by atoms with van der Waals surface area (Å²) >= 11 is 5.61. The van der Waals surface area contributed by atoms with Crippen molar-refractivity contribution < 1.29 is 26.9 Å². The van der Waals surface area contributed by atoms with Crippen molar-refractivity contribution in [1.82, 2.24) is 4.72 Å². The number of rotatable bonds is 7. The first-order valence-corrected chi connectivity index (χ1v) is 9.26. The first-order valence-electron chi connectivity index (χ1n) is 5.67. The summed E-state index contributed by atoms with van der Waals surface area (Å²) in [7, 11) is -5.30. The lowest BCUT2D eigenvalue weighted by Gasteiger charge is -2.09. The molecule has 21 heavy (non-hydrogen) atoms. The molecular weight excluding hydrogens is 345 g/mol. The molecule has 0 aliphatic rings.